The Morgan fingerprint density at radius 2 is 1.27 bits per heavy atom. The molecule has 4 aromatic heterocycles. The second-order valence-electron chi connectivity index (χ2n) is 10.9. The Morgan fingerprint density at radius 1 is 0.756 bits per heavy atom. The van der Waals surface area contributed by atoms with Crippen LogP contribution in [0.25, 0.3) is 11.3 Å². The summed E-state index contributed by atoms with van der Waals surface area (Å²) in [6.45, 7) is -0.422. The van der Waals surface area contributed by atoms with Gasteiger partial charge in [0.2, 0.25) is 11.8 Å². The first-order chi connectivity index (χ1) is 21.4. The number of nitrogens with zero attached hydrogens (tertiary/aromatic N) is 6. The first kappa shape index (κ1) is 33.1. The number of halogens is 7. The molecule has 0 bridgehead atoms. The summed E-state index contributed by atoms with van der Waals surface area (Å²) < 4.78 is 89.3. The third-order valence-corrected chi connectivity index (χ3v) is 8.10. The van der Waals surface area contributed by atoms with E-state index in [0.717, 1.165) is 55.1 Å². The minimum Gasteiger partial charge on any atom is -0.473 e. The topological polar surface area (TPSA) is 103 Å². The van der Waals surface area contributed by atoms with E-state index in [1.54, 1.807) is 35.2 Å². The third-order valence-electron chi connectivity index (χ3n) is 7.37. The highest BCUT2D eigenvalue weighted by Gasteiger charge is 2.27. The van der Waals surface area contributed by atoms with Crippen molar-refractivity contribution in [2.24, 2.45) is 0 Å². The third kappa shape index (κ3) is 9.62. The lowest BCUT2D eigenvalue weighted by Crippen LogP contribution is -2.16. The van der Waals surface area contributed by atoms with Gasteiger partial charge >= 0.3 is 12.4 Å². The van der Waals surface area contributed by atoms with Crippen LogP contribution in [0.3, 0.4) is 0 Å². The van der Waals surface area contributed by atoms with Crippen LogP contribution in [0.4, 0.5) is 37.7 Å². The smallest absolute Gasteiger partial charge is 0.390 e. The average Bonchev–Trinajstić information content (AvgIpc) is 3.77. The number of hydrogen-bond acceptors (Lipinski definition) is 8. The van der Waals surface area contributed by atoms with Crippen molar-refractivity contribution in [1.82, 2.24) is 29.2 Å². The molecule has 0 spiro atoms. The van der Waals surface area contributed by atoms with Crippen LogP contribution in [0, 0.1) is 3.70 Å². The summed E-state index contributed by atoms with van der Waals surface area (Å²) >= 11 is 2.08. The van der Waals surface area contributed by atoms with Crippen LogP contribution in [0.2, 0.25) is 0 Å². The average molecular weight is 755 g/mol. The van der Waals surface area contributed by atoms with Gasteiger partial charge in [0.05, 0.1) is 30.4 Å². The molecule has 4 heterocycles. The molecular formula is C28H33F6IN8O2. The van der Waals surface area contributed by atoms with Crippen molar-refractivity contribution in [3.8, 4) is 11.8 Å². The van der Waals surface area contributed by atoms with Crippen molar-refractivity contribution < 1.29 is 35.8 Å². The van der Waals surface area contributed by atoms with Crippen LogP contribution in [-0.2, 0) is 0 Å². The molecule has 2 N–H and O–H groups in total. The van der Waals surface area contributed by atoms with Gasteiger partial charge in [0.25, 0.3) is 0 Å². The maximum Gasteiger partial charge on any atom is 0.390 e. The lowest BCUT2D eigenvalue weighted by atomic mass is 10.3. The summed E-state index contributed by atoms with van der Waals surface area (Å²) in [5, 5.41) is 14.2. The van der Waals surface area contributed by atoms with E-state index in [1.807, 2.05) is 0 Å². The number of fused-ring (bicyclic) bond motifs is 2. The van der Waals surface area contributed by atoms with Crippen molar-refractivity contribution in [3.63, 3.8) is 0 Å². The molecule has 0 atom stereocenters. The molecule has 10 nitrogen and oxygen atoms in total. The number of rotatable bonds is 10. The highest BCUT2D eigenvalue weighted by atomic mass is 127. The van der Waals surface area contributed by atoms with Gasteiger partial charge in [-0.05, 0) is 74.0 Å². The molecule has 17 heteroatoms. The number of imidazole rings is 2. The monoisotopic (exact) mass is 754 g/mol. The van der Waals surface area contributed by atoms with Gasteiger partial charge in [-0.2, -0.15) is 26.3 Å². The maximum atomic E-state index is 12.3. The van der Waals surface area contributed by atoms with Crippen LogP contribution in [0.1, 0.15) is 64.2 Å². The standard InChI is InChI=1S/C14H16F3IN4O.C14H17F3N4O/c15-14(16,17)5-6-19-10-7-12(23-9-3-1-2-4-9)21-22-11(18)8-20-13(10)22;15-14(16,17)5-6-18-11-9-12(22-10-3-1-2-4-10)20-21-8-7-19-13(11)21/h7-9,19H,1-6H2;7-10,18H,1-6H2. The summed E-state index contributed by atoms with van der Waals surface area (Å²) in [6.07, 6.45) is 3.37. The van der Waals surface area contributed by atoms with Crippen LogP contribution >= 0.6 is 22.6 Å². The van der Waals surface area contributed by atoms with Gasteiger partial charge in [-0.3, -0.25) is 0 Å². The fourth-order valence-electron chi connectivity index (χ4n) is 5.22. The molecular weight excluding hydrogens is 721 g/mol. The summed E-state index contributed by atoms with van der Waals surface area (Å²) in [4.78, 5) is 8.31. The van der Waals surface area contributed by atoms with E-state index < -0.39 is 25.2 Å². The fourth-order valence-corrected chi connectivity index (χ4v) is 5.70. The molecule has 4 aromatic rings. The Balaban J connectivity index is 0.000000178. The summed E-state index contributed by atoms with van der Waals surface area (Å²) in [7, 11) is 0. The quantitative estimate of drug-likeness (QED) is 0.127. The molecule has 2 aliphatic rings. The van der Waals surface area contributed by atoms with E-state index in [0.29, 0.717) is 34.4 Å². The van der Waals surface area contributed by atoms with Gasteiger partial charge in [-0.25, -0.2) is 19.0 Å². The van der Waals surface area contributed by atoms with Gasteiger partial charge in [0, 0.05) is 37.6 Å². The van der Waals surface area contributed by atoms with Gasteiger partial charge in [0.1, 0.15) is 15.9 Å². The normalized spacial score (nSPS) is 16.2. The number of anilines is 2. The molecule has 0 unspecified atom stereocenters. The molecule has 0 aliphatic heterocycles. The fraction of sp³-hybridized carbons (Fsp3) is 0.571. The minimum absolute atomic E-state index is 0.129. The first-order valence-corrected chi connectivity index (χ1v) is 15.8. The van der Waals surface area contributed by atoms with Crippen LogP contribution < -0.4 is 20.1 Å². The number of nitrogens with one attached hydrogen (secondary N) is 2. The highest BCUT2D eigenvalue weighted by Crippen LogP contribution is 2.29. The highest BCUT2D eigenvalue weighted by molar-refractivity contribution is 14.1. The van der Waals surface area contributed by atoms with Crippen molar-refractivity contribution in [1.29, 1.82) is 0 Å². The Kier molecular flexibility index (Phi) is 10.6. The summed E-state index contributed by atoms with van der Waals surface area (Å²) in [5.74, 6) is 0.821. The van der Waals surface area contributed by atoms with E-state index in [2.05, 4.69) is 53.4 Å². The first-order valence-electron chi connectivity index (χ1n) is 14.8. The Labute approximate surface area is 268 Å². The van der Waals surface area contributed by atoms with Crippen molar-refractivity contribution in [2.45, 2.75) is 88.8 Å². The van der Waals surface area contributed by atoms with Gasteiger partial charge in [-0.1, -0.05) is 0 Å². The van der Waals surface area contributed by atoms with Crippen LogP contribution in [0.5, 0.6) is 11.8 Å². The Bertz CT molecular complexity index is 1550. The molecule has 45 heavy (non-hydrogen) atoms. The molecule has 0 radical (unpaired) electrons. The molecule has 0 amide bonds. The number of ether oxygens (including phenoxy) is 2. The van der Waals surface area contributed by atoms with E-state index in [-0.39, 0.29) is 25.3 Å². The molecule has 2 fully saturated rings. The van der Waals surface area contributed by atoms with Crippen molar-refractivity contribution in [2.75, 3.05) is 23.7 Å². The molecule has 6 rings (SSSR count). The van der Waals surface area contributed by atoms with Gasteiger partial charge in [-0.15, -0.1) is 10.2 Å². The summed E-state index contributed by atoms with van der Waals surface area (Å²) in [5.41, 5.74) is 1.98. The van der Waals surface area contributed by atoms with E-state index >= 15 is 0 Å². The molecule has 0 saturated heterocycles. The predicted octanol–water partition coefficient (Wildman–Crippen LogP) is 7.43. The van der Waals surface area contributed by atoms with Crippen molar-refractivity contribution >= 4 is 45.3 Å². The second-order valence-corrected chi connectivity index (χ2v) is 12.0. The number of hydrogen-bond donors (Lipinski definition) is 2. The van der Waals surface area contributed by atoms with E-state index in [9.17, 15) is 26.3 Å². The van der Waals surface area contributed by atoms with E-state index in [1.165, 1.54) is 4.52 Å². The van der Waals surface area contributed by atoms with Crippen molar-refractivity contribution in [3.05, 3.63) is 34.4 Å². The van der Waals surface area contributed by atoms with Crippen LogP contribution in [0.15, 0.2) is 30.7 Å². The number of alkyl halides is 6. The SMILES string of the molecule is FC(F)(F)CCNc1cc(OC2CCCC2)nn2c(I)cnc12.FC(F)(F)CCNc1cc(OC2CCCC2)nn2ccnc12. The lowest BCUT2D eigenvalue weighted by molar-refractivity contribution is -0.132. The number of aromatic nitrogens is 6. The zero-order valence-corrected chi connectivity index (χ0v) is 26.3. The zero-order valence-electron chi connectivity index (χ0n) is 24.2. The second kappa shape index (κ2) is 14.5. The molecule has 2 aliphatic carbocycles. The minimum atomic E-state index is -4.19. The lowest BCUT2D eigenvalue weighted by Gasteiger charge is -2.15. The van der Waals surface area contributed by atoms with Gasteiger partial charge in [0.15, 0.2) is 11.3 Å². The Morgan fingerprint density at radius 3 is 1.80 bits per heavy atom. The largest absolute Gasteiger partial charge is 0.473 e. The summed E-state index contributed by atoms with van der Waals surface area (Å²) in [6, 6.07) is 3.25. The molecule has 2 saturated carbocycles. The molecule has 246 valence electrons. The molecule has 0 aromatic carbocycles. The Hall–Kier alpha value is -3.25. The van der Waals surface area contributed by atoms with Crippen LogP contribution in [-0.4, -0.2) is 66.8 Å². The predicted molar refractivity (Wildman–Crippen MR) is 163 cm³/mol. The maximum absolute atomic E-state index is 12.3. The van der Waals surface area contributed by atoms with Gasteiger partial charge < -0.3 is 20.1 Å². The van der Waals surface area contributed by atoms with E-state index in [4.69, 9.17) is 9.47 Å². The zero-order chi connectivity index (χ0) is 32.0.